The van der Waals surface area contributed by atoms with Crippen molar-refractivity contribution in [1.82, 2.24) is 9.88 Å². The number of halogens is 1. The van der Waals surface area contributed by atoms with Crippen molar-refractivity contribution in [2.75, 3.05) is 19.4 Å². The normalized spacial score (nSPS) is 17.1. The van der Waals surface area contributed by atoms with Gasteiger partial charge in [0, 0.05) is 12.2 Å². The van der Waals surface area contributed by atoms with Crippen LogP contribution in [0.2, 0.25) is 0 Å². The van der Waals surface area contributed by atoms with Gasteiger partial charge in [-0.1, -0.05) is 6.07 Å². The summed E-state index contributed by atoms with van der Waals surface area (Å²) in [6, 6.07) is 1.44. The average Bonchev–Trinajstić information content (AvgIpc) is 3.33. The predicted octanol–water partition coefficient (Wildman–Crippen LogP) is 3.25. The van der Waals surface area contributed by atoms with Crippen LogP contribution in [-0.4, -0.2) is 34.2 Å². The van der Waals surface area contributed by atoms with E-state index in [1.807, 2.05) is 14.1 Å². The van der Waals surface area contributed by atoms with Gasteiger partial charge in [-0.15, -0.1) is 15.7 Å². The molecule has 1 aromatic heterocycles. The second-order valence-corrected chi connectivity index (χ2v) is 10.8. The summed E-state index contributed by atoms with van der Waals surface area (Å²) in [4.78, 5) is 18.2. The second kappa shape index (κ2) is 7.75. The Hall–Kier alpha value is -1.88. The van der Waals surface area contributed by atoms with Crippen LogP contribution in [0.1, 0.15) is 40.1 Å². The van der Waals surface area contributed by atoms with Gasteiger partial charge in [0.05, 0.1) is 0 Å². The van der Waals surface area contributed by atoms with E-state index in [4.69, 9.17) is 5.14 Å². The SMILES string of the molecule is CN(C)Cc1nc(F)c(S(N)(=O)=NC(=O)Nc2c3c(cc4c2CCC4)CCC3)s1. The predicted molar refractivity (Wildman–Crippen MR) is 112 cm³/mol. The summed E-state index contributed by atoms with van der Waals surface area (Å²) in [6.07, 6.45) is 5.88. The first-order valence-electron chi connectivity index (χ1n) is 9.57. The number of carbonyl (C=O) groups is 1. The first-order valence-corrected chi connectivity index (χ1v) is 12.0. The number of amides is 2. The topological polar surface area (TPSA) is 101 Å². The number of rotatable bonds is 4. The minimum atomic E-state index is -3.73. The van der Waals surface area contributed by atoms with Crippen LogP contribution in [0.4, 0.5) is 14.9 Å². The standard InChI is InChI=1S/C19H24FN5O2S2/c1-25(2)10-15-22-17(20)18(28-15)29(21,27)24-19(26)23-16-13-7-3-5-11(13)9-12-6-4-8-14(12)16/h9H,3-8,10H2,1-2H3,(H3,21,23,24,26,27). The third-order valence-electron chi connectivity index (χ3n) is 5.24. The van der Waals surface area contributed by atoms with Crippen molar-refractivity contribution in [3.63, 3.8) is 0 Å². The minimum absolute atomic E-state index is 0.298. The molecular formula is C19H24FN5O2S2. The number of urea groups is 1. The minimum Gasteiger partial charge on any atom is -0.305 e. The van der Waals surface area contributed by atoms with Gasteiger partial charge in [0.15, 0.2) is 14.1 Å². The maximum Gasteiger partial charge on any atom is 0.354 e. The largest absolute Gasteiger partial charge is 0.354 e. The van der Waals surface area contributed by atoms with Gasteiger partial charge < -0.3 is 10.2 Å². The lowest BCUT2D eigenvalue weighted by atomic mass is 9.99. The highest BCUT2D eigenvalue weighted by atomic mass is 32.2. The Bertz CT molecular complexity index is 1070. The molecule has 0 radical (unpaired) electrons. The molecule has 2 aromatic rings. The highest BCUT2D eigenvalue weighted by Gasteiger charge is 2.26. The van der Waals surface area contributed by atoms with Crippen LogP contribution in [-0.2, 0) is 42.1 Å². The highest BCUT2D eigenvalue weighted by molar-refractivity contribution is 7.93. The van der Waals surface area contributed by atoms with Crippen molar-refractivity contribution < 1.29 is 13.4 Å². The Morgan fingerprint density at radius 2 is 1.90 bits per heavy atom. The first kappa shape index (κ1) is 20.4. The molecular weight excluding hydrogens is 413 g/mol. The molecule has 0 spiro atoms. The quantitative estimate of drug-likeness (QED) is 0.767. The van der Waals surface area contributed by atoms with Gasteiger partial charge in [-0.25, -0.2) is 19.1 Å². The summed E-state index contributed by atoms with van der Waals surface area (Å²) in [5, 5.41) is 9.02. The molecule has 156 valence electrons. The number of aryl methyl sites for hydroxylation is 2. The summed E-state index contributed by atoms with van der Waals surface area (Å²) in [7, 11) is -0.102. The van der Waals surface area contributed by atoms with Gasteiger partial charge in [-0.2, -0.15) is 4.39 Å². The zero-order chi connectivity index (χ0) is 20.8. The lowest BCUT2D eigenvalue weighted by molar-refractivity contribution is 0.260. The van der Waals surface area contributed by atoms with Crippen molar-refractivity contribution in [1.29, 1.82) is 0 Å². The highest BCUT2D eigenvalue weighted by Crippen LogP contribution is 2.38. The molecule has 1 aromatic carbocycles. The van der Waals surface area contributed by atoms with E-state index in [0.29, 0.717) is 11.6 Å². The van der Waals surface area contributed by atoms with Crippen LogP contribution in [0.3, 0.4) is 0 Å². The second-order valence-electron chi connectivity index (χ2n) is 7.75. The molecule has 0 aliphatic heterocycles. The fourth-order valence-electron chi connectivity index (χ4n) is 4.11. The van der Waals surface area contributed by atoms with E-state index in [0.717, 1.165) is 66.7 Å². The van der Waals surface area contributed by atoms with Crippen molar-refractivity contribution >= 4 is 33.0 Å². The number of benzene rings is 1. The molecule has 1 heterocycles. The number of fused-ring (bicyclic) bond motifs is 2. The number of hydrogen-bond donors (Lipinski definition) is 2. The average molecular weight is 438 g/mol. The molecule has 0 saturated carbocycles. The zero-order valence-electron chi connectivity index (χ0n) is 16.5. The molecule has 0 bridgehead atoms. The summed E-state index contributed by atoms with van der Waals surface area (Å²) in [5.41, 5.74) is 5.58. The van der Waals surface area contributed by atoms with Crippen molar-refractivity contribution in [2.24, 2.45) is 9.50 Å². The smallest absolute Gasteiger partial charge is 0.305 e. The molecule has 1 atom stereocenters. The summed E-state index contributed by atoms with van der Waals surface area (Å²) >= 11 is 0.881. The molecule has 2 aliphatic rings. The third-order valence-corrected chi connectivity index (χ3v) is 8.16. The summed E-state index contributed by atoms with van der Waals surface area (Å²) in [5.74, 6) is -0.933. The molecule has 0 fully saturated rings. The van der Waals surface area contributed by atoms with E-state index >= 15 is 0 Å². The molecule has 2 amide bonds. The monoisotopic (exact) mass is 437 g/mol. The van der Waals surface area contributed by atoms with Gasteiger partial charge in [0.1, 0.15) is 5.01 Å². The number of nitrogens with zero attached hydrogens (tertiary/aromatic N) is 3. The number of nitrogens with two attached hydrogens (primary N) is 1. The molecule has 1 unspecified atom stereocenters. The Balaban J connectivity index is 1.64. The van der Waals surface area contributed by atoms with Crippen LogP contribution >= 0.6 is 11.3 Å². The molecule has 3 N–H and O–H groups in total. The zero-order valence-corrected chi connectivity index (χ0v) is 18.1. The fourth-order valence-corrected chi connectivity index (χ4v) is 6.44. The van der Waals surface area contributed by atoms with E-state index in [-0.39, 0.29) is 4.21 Å². The first-order chi connectivity index (χ1) is 13.7. The third kappa shape index (κ3) is 4.07. The Morgan fingerprint density at radius 1 is 1.28 bits per heavy atom. The van der Waals surface area contributed by atoms with Gasteiger partial charge in [-0.05, 0) is 74.9 Å². The Morgan fingerprint density at radius 3 is 2.48 bits per heavy atom. The van der Waals surface area contributed by atoms with Gasteiger partial charge in [0.2, 0.25) is 5.95 Å². The van der Waals surface area contributed by atoms with E-state index in [1.165, 1.54) is 11.1 Å². The molecule has 29 heavy (non-hydrogen) atoms. The van der Waals surface area contributed by atoms with Crippen LogP contribution in [0, 0.1) is 5.95 Å². The lowest BCUT2D eigenvalue weighted by Gasteiger charge is -2.15. The van der Waals surface area contributed by atoms with E-state index in [2.05, 4.69) is 20.7 Å². The molecule has 2 aliphatic carbocycles. The van der Waals surface area contributed by atoms with Gasteiger partial charge >= 0.3 is 6.03 Å². The molecule has 10 heteroatoms. The summed E-state index contributed by atoms with van der Waals surface area (Å²) in [6.45, 7) is 0.381. The van der Waals surface area contributed by atoms with Crippen molar-refractivity contribution in [3.8, 4) is 0 Å². The van der Waals surface area contributed by atoms with E-state index < -0.39 is 21.9 Å². The van der Waals surface area contributed by atoms with E-state index in [9.17, 15) is 13.4 Å². The lowest BCUT2D eigenvalue weighted by Crippen LogP contribution is -2.19. The van der Waals surface area contributed by atoms with Crippen LogP contribution < -0.4 is 10.5 Å². The number of anilines is 1. The summed E-state index contributed by atoms with van der Waals surface area (Å²) < 4.78 is 30.4. The number of aromatic nitrogens is 1. The van der Waals surface area contributed by atoms with Crippen LogP contribution in [0.5, 0.6) is 0 Å². The Kier molecular flexibility index (Phi) is 5.45. The Labute approximate surface area is 173 Å². The van der Waals surface area contributed by atoms with Crippen molar-refractivity contribution in [2.45, 2.75) is 49.3 Å². The molecule has 7 nitrogen and oxygen atoms in total. The molecule has 4 rings (SSSR count). The van der Waals surface area contributed by atoms with Gasteiger partial charge in [-0.3, -0.25) is 0 Å². The number of thiazole rings is 1. The maximum absolute atomic E-state index is 14.2. The van der Waals surface area contributed by atoms with Gasteiger partial charge in [0.25, 0.3) is 0 Å². The maximum atomic E-state index is 14.2. The van der Waals surface area contributed by atoms with E-state index in [1.54, 1.807) is 4.90 Å². The number of carbonyl (C=O) groups excluding carboxylic acids is 1. The number of hydrogen-bond acceptors (Lipinski definition) is 5. The fraction of sp³-hybridized carbons (Fsp3) is 0.474. The van der Waals surface area contributed by atoms with Crippen LogP contribution in [0.25, 0.3) is 0 Å². The van der Waals surface area contributed by atoms with Crippen LogP contribution in [0.15, 0.2) is 14.6 Å². The molecule has 0 saturated heterocycles. The number of nitrogens with one attached hydrogen (secondary N) is 1. The van der Waals surface area contributed by atoms with Crippen molar-refractivity contribution in [3.05, 3.63) is 39.3 Å².